The predicted octanol–water partition coefficient (Wildman–Crippen LogP) is 0.358. The van der Waals surface area contributed by atoms with Crippen LogP contribution in [-0.2, 0) is 4.79 Å². The average Bonchev–Trinajstić information content (AvgIpc) is 1.94. The fourth-order valence-corrected chi connectivity index (χ4v) is 0.780. The third-order valence-electron chi connectivity index (χ3n) is 1.04. The van der Waals surface area contributed by atoms with Crippen molar-refractivity contribution in [1.82, 2.24) is 9.97 Å². The average molecular weight is 186 g/mol. The zero-order valence-corrected chi connectivity index (χ0v) is 7.03. The quantitative estimate of drug-likeness (QED) is 0.490. The zero-order valence-electron chi connectivity index (χ0n) is 6.21. The van der Waals surface area contributed by atoms with E-state index in [9.17, 15) is 9.59 Å². The van der Waals surface area contributed by atoms with Crippen LogP contribution in [0.3, 0.4) is 0 Å². The number of hydrogen-bond donors (Lipinski definition) is 2. The Morgan fingerprint density at radius 3 is 2.83 bits per heavy atom. The number of rotatable bonds is 1. The van der Waals surface area contributed by atoms with Gasteiger partial charge in [0.25, 0.3) is 5.56 Å². The Balaban J connectivity index is 3.10. The molecule has 1 aromatic rings. The number of carbonyl (C=O) groups is 1. The molecule has 0 bridgehead atoms. The molecule has 0 saturated heterocycles. The molecule has 12 heavy (non-hydrogen) atoms. The highest BCUT2D eigenvalue weighted by atomic mass is 32.1. The van der Waals surface area contributed by atoms with E-state index in [4.69, 9.17) is 0 Å². The second-order valence-corrected chi connectivity index (χ2v) is 2.44. The summed E-state index contributed by atoms with van der Waals surface area (Å²) in [6, 6.07) is 0. The van der Waals surface area contributed by atoms with Crippen molar-refractivity contribution < 1.29 is 9.53 Å². The number of aromatic nitrogens is 2. The van der Waals surface area contributed by atoms with Gasteiger partial charge in [0.15, 0.2) is 4.77 Å². The first-order chi connectivity index (χ1) is 5.59. The summed E-state index contributed by atoms with van der Waals surface area (Å²) in [5, 5.41) is 0. The van der Waals surface area contributed by atoms with E-state index >= 15 is 0 Å². The van der Waals surface area contributed by atoms with Gasteiger partial charge in [0.2, 0.25) is 5.75 Å². The van der Waals surface area contributed by atoms with E-state index in [1.54, 1.807) is 0 Å². The van der Waals surface area contributed by atoms with E-state index in [1.807, 2.05) is 0 Å². The summed E-state index contributed by atoms with van der Waals surface area (Å²) >= 11 is 4.62. The van der Waals surface area contributed by atoms with Crippen molar-refractivity contribution in [3.05, 3.63) is 21.3 Å². The molecule has 0 amide bonds. The normalized spacial score (nSPS) is 9.42. The Bertz CT molecular complexity index is 406. The smallest absolute Gasteiger partial charge is 0.308 e. The summed E-state index contributed by atoms with van der Waals surface area (Å²) in [7, 11) is 0. The maximum absolute atomic E-state index is 11.0. The second-order valence-electron chi connectivity index (χ2n) is 2.03. The molecule has 0 aromatic carbocycles. The molecule has 0 unspecified atom stereocenters. The van der Waals surface area contributed by atoms with Crippen LogP contribution in [0.25, 0.3) is 0 Å². The minimum atomic E-state index is -0.550. The molecule has 0 saturated carbocycles. The first-order valence-corrected chi connectivity index (χ1v) is 3.51. The number of esters is 1. The van der Waals surface area contributed by atoms with Crippen LogP contribution < -0.4 is 10.3 Å². The van der Waals surface area contributed by atoms with Gasteiger partial charge in [-0.3, -0.25) is 14.6 Å². The van der Waals surface area contributed by atoms with Crippen LogP contribution in [-0.4, -0.2) is 15.9 Å². The molecule has 0 fully saturated rings. The lowest BCUT2D eigenvalue weighted by Crippen LogP contribution is -2.14. The van der Waals surface area contributed by atoms with Crippen LogP contribution in [0, 0.1) is 4.77 Å². The molecular weight excluding hydrogens is 180 g/mol. The molecule has 1 heterocycles. The maximum atomic E-state index is 11.0. The minimum absolute atomic E-state index is 0.0869. The number of hydrogen-bond acceptors (Lipinski definition) is 4. The van der Waals surface area contributed by atoms with E-state index in [2.05, 4.69) is 26.9 Å². The molecule has 1 rings (SSSR count). The Morgan fingerprint density at radius 1 is 1.67 bits per heavy atom. The SMILES string of the molecule is CC(=O)Oc1c[nH]c(=S)[nH]c1=O. The Hall–Kier alpha value is -1.43. The van der Waals surface area contributed by atoms with Crippen molar-refractivity contribution in [1.29, 1.82) is 0 Å². The van der Waals surface area contributed by atoms with E-state index in [1.165, 1.54) is 13.1 Å². The predicted molar refractivity (Wildman–Crippen MR) is 43.6 cm³/mol. The molecular formula is C6H6N2O3S. The molecule has 64 valence electrons. The lowest BCUT2D eigenvalue weighted by atomic mass is 10.6. The summed E-state index contributed by atoms with van der Waals surface area (Å²) in [6.07, 6.45) is 1.24. The molecule has 2 N–H and O–H groups in total. The molecule has 0 aliphatic rings. The number of carbonyl (C=O) groups excluding carboxylic acids is 1. The van der Waals surface area contributed by atoms with E-state index in [-0.39, 0.29) is 10.5 Å². The van der Waals surface area contributed by atoms with Crippen molar-refractivity contribution >= 4 is 18.2 Å². The van der Waals surface area contributed by atoms with Gasteiger partial charge in [-0.05, 0) is 12.2 Å². The molecule has 6 heteroatoms. The molecule has 0 spiro atoms. The Morgan fingerprint density at radius 2 is 2.33 bits per heavy atom. The van der Waals surface area contributed by atoms with Crippen LogP contribution in [0.5, 0.6) is 5.75 Å². The fraction of sp³-hybridized carbons (Fsp3) is 0.167. The van der Waals surface area contributed by atoms with Gasteiger partial charge in [-0.2, -0.15) is 0 Å². The Labute approximate surface area is 72.4 Å². The first-order valence-electron chi connectivity index (χ1n) is 3.10. The second kappa shape index (κ2) is 3.31. The summed E-state index contributed by atoms with van der Waals surface area (Å²) in [5.74, 6) is -0.637. The molecule has 0 atom stereocenters. The highest BCUT2D eigenvalue weighted by Crippen LogP contribution is 1.97. The topological polar surface area (TPSA) is 75.0 Å². The fourth-order valence-electron chi connectivity index (χ4n) is 0.628. The van der Waals surface area contributed by atoms with Crippen LogP contribution >= 0.6 is 12.2 Å². The van der Waals surface area contributed by atoms with Gasteiger partial charge in [0.1, 0.15) is 0 Å². The van der Waals surface area contributed by atoms with Gasteiger partial charge in [-0.15, -0.1) is 0 Å². The number of H-pyrrole nitrogens is 2. The summed E-state index contributed by atoms with van der Waals surface area (Å²) in [5.41, 5.74) is -0.519. The van der Waals surface area contributed by atoms with Gasteiger partial charge in [-0.25, -0.2) is 0 Å². The number of aromatic amines is 2. The lowest BCUT2D eigenvalue weighted by Gasteiger charge is -1.97. The van der Waals surface area contributed by atoms with Crippen LogP contribution in [0.2, 0.25) is 0 Å². The monoisotopic (exact) mass is 186 g/mol. The van der Waals surface area contributed by atoms with E-state index in [0.717, 1.165) is 0 Å². The standard InChI is InChI=1S/C6H6N2O3S/c1-3(9)11-4-2-7-6(12)8-5(4)10/h2H,1H3,(H2,7,8,10,12). The van der Waals surface area contributed by atoms with Gasteiger partial charge in [0, 0.05) is 6.92 Å². The van der Waals surface area contributed by atoms with Crippen molar-refractivity contribution in [2.24, 2.45) is 0 Å². The third kappa shape index (κ3) is 2.03. The van der Waals surface area contributed by atoms with Gasteiger partial charge >= 0.3 is 5.97 Å². The van der Waals surface area contributed by atoms with E-state index < -0.39 is 11.5 Å². The summed E-state index contributed by atoms with van der Waals surface area (Å²) < 4.78 is 4.73. The van der Waals surface area contributed by atoms with Crippen molar-refractivity contribution in [2.45, 2.75) is 6.92 Å². The summed E-state index contributed by atoms with van der Waals surface area (Å²) in [4.78, 5) is 26.2. The van der Waals surface area contributed by atoms with Crippen LogP contribution in [0.1, 0.15) is 6.92 Å². The van der Waals surface area contributed by atoms with Gasteiger partial charge < -0.3 is 9.72 Å². The molecule has 0 aliphatic heterocycles. The number of ether oxygens (including phenoxy) is 1. The third-order valence-corrected chi connectivity index (χ3v) is 1.26. The van der Waals surface area contributed by atoms with E-state index in [0.29, 0.717) is 0 Å². The van der Waals surface area contributed by atoms with Crippen molar-refractivity contribution in [2.75, 3.05) is 0 Å². The Kier molecular flexibility index (Phi) is 2.39. The van der Waals surface area contributed by atoms with Crippen LogP contribution in [0.4, 0.5) is 0 Å². The van der Waals surface area contributed by atoms with Gasteiger partial charge in [-0.1, -0.05) is 0 Å². The van der Waals surface area contributed by atoms with Crippen molar-refractivity contribution in [3.8, 4) is 5.75 Å². The van der Waals surface area contributed by atoms with Crippen LogP contribution in [0.15, 0.2) is 11.0 Å². The largest absolute Gasteiger partial charge is 0.419 e. The molecule has 0 radical (unpaired) electrons. The minimum Gasteiger partial charge on any atom is -0.419 e. The van der Waals surface area contributed by atoms with Gasteiger partial charge in [0.05, 0.1) is 6.20 Å². The highest BCUT2D eigenvalue weighted by molar-refractivity contribution is 7.71. The zero-order chi connectivity index (χ0) is 9.14. The highest BCUT2D eigenvalue weighted by Gasteiger charge is 2.01. The lowest BCUT2D eigenvalue weighted by molar-refractivity contribution is -0.132. The number of nitrogens with one attached hydrogen (secondary N) is 2. The molecule has 1 aromatic heterocycles. The van der Waals surface area contributed by atoms with Crippen molar-refractivity contribution in [3.63, 3.8) is 0 Å². The molecule has 0 aliphatic carbocycles. The summed E-state index contributed by atoms with van der Waals surface area (Å²) in [6.45, 7) is 1.21. The maximum Gasteiger partial charge on any atom is 0.308 e. The first kappa shape index (κ1) is 8.66. The molecule has 5 nitrogen and oxygen atoms in total.